The van der Waals surface area contributed by atoms with E-state index in [4.69, 9.17) is 4.74 Å². The van der Waals surface area contributed by atoms with Crippen LogP contribution in [-0.4, -0.2) is 64.9 Å². The summed E-state index contributed by atoms with van der Waals surface area (Å²) in [5, 5.41) is 2.88. The Labute approximate surface area is 175 Å². The molecular weight excluding hydrogens is 382 g/mol. The molecule has 30 heavy (non-hydrogen) atoms. The summed E-state index contributed by atoms with van der Waals surface area (Å²) in [6.07, 6.45) is 5.68. The van der Waals surface area contributed by atoms with Gasteiger partial charge in [0.1, 0.15) is 0 Å². The maximum Gasteiger partial charge on any atom is 0.254 e. The molecule has 0 unspecified atom stereocenters. The molecule has 5 aliphatic heterocycles. The monoisotopic (exact) mass is 407 g/mol. The molecule has 156 valence electrons. The minimum Gasteiger partial charge on any atom is -0.366 e. The standard InChI is InChI=1S/C23H25N3O4/c1-23(2)17-7-12(3-5-18(17)24-22(23)29)20(27)25-10-14-8-13(25)11-26(14)21(28)16-9-15-4-6-19(16)30-15/h3-7,13-16,19H,8-11H2,1-2H3,(H,24,29)/t13-,14-,15+,16+,19-/m0/s1. The fourth-order valence-corrected chi connectivity index (χ4v) is 5.78. The van der Waals surface area contributed by atoms with Crippen molar-refractivity contribution < 1.29 is 19.1 Å². The van der Waals surface area contributed by atoms with E-state index in [1.54, 1.807) is 6.07 Å². The Morgan fingerprint density at radius 3 is 2.53 bits per heavy atom. The van der Waals surface area contributed by atoms with E-state index < -0.39 is 5.41 Å². The van der Waals surface area contributed by atoms with Gasteiger partial charge in [0.25, 0.3) is 5.91 Å². The van der Waals surface area contributed by atoms with Gasteiger partial charge < -0.3 is 19.9 Å². The second-order valence-electron chi connectivity index (χ2n) is 9.70. The van der Waals surface area contributed by atoms with Crippen LogP contribution < -0.4 is 5.32 Å². The largest absolute Gasteiger partial charge is 0.366 e. The molecule has 0 saturated carbocycles. The highest BCUT2D eigenvalue weighted by Gasteiger charge is 2.51. The van der Waals surface area contributed by atoms with Gasteiger partial charge in [0.2, 0.25) is 11.8 Å². The van der Waals surface area contributed by atoms with Crippen LogP contribution in [0, 0.1) is 5.92 Å². The maximum absolute atomic E-state index is 13.3. The molecule has 0 aromatic heterocycles. The molecule has 7 heteroatoms. The number of fused-ring (bicyclic) bond motifs is 5. The molecule has 0 radical (unpaired) electrons. The van der Waals surface area contributed by atoms with Gasteiger partial charge in [-0.25, -0.2) is 0 Å². The number of anilines is 1. The molecular formula is C23H25N3O4. The van der Waals surface area contributed by atoms with Crippen LogP contribution in [0.15, 0.2) is 30.4 Å². The van der Waals surface area contributed by atoms with E-state index in [0.29, 0.717) is 18.7 Å². The van der Waals surface area contributed by atoms with Crippen LogP contribution in [-0.2, 0) is 19.7 Å². The third-order valence-corrected chi connectivity index (χ3v) is 7.59. The van der Waals surface area contributed by atoms with Crippen molar-refractivity contribution in [1.82, 2.24) is 9.80 Å². The first kappa shape index (κ1) is 18.1. The minimum absolute atomic E-state index is 0.0151. The van der Waals surface area contributed by atoms with E-state index in [0.717, 1.165) is 24.1 Å². The number of piperazine rings is 1. The number of nitrogens with one attached hydrogen (secondary N) is 1. The van der Waals surface area contributed by atoms with Gasteiger partial charge in [-0.1, -0.05) is 12.2 Å². The fraction of sp³-hybridized carbons (Fsp3) is 0.522. The molecule has 0 spiro atoms. The lowest BCUT2D eigenvalue weighted by Gasteiger charge is -2.36. The summed E-state index contributed by atoms with van der Waals surface area (Å²) >= 11 is 0. The second kappa shape index (κ2) is 5.94. The number of benzene rings is 1. The molecule has 3 amide bonds. The highest BCUT2D eigenvalue weighted by atomic mass is 16.5. The molecule has 4 bridgehead atoms. The quantitative estimate of drug-likeness (QED) is 0.757. The number of likely N-dealkylation sites (tertiary alicyclic amines) is 2. The molecule has 3 saturated heterocycles. The van der Waals surface area contributed by atoms with Gasteiger partial charge >= 0.3 is 0 Å². The van der Waals surface area contributed by atoms with Gasteiger partial charge in [0.15, 0.2) is 0 Å². The zero-order valence-electron chi connectivity index (χ0n) is 17.1. The molecule has 5 aliphatic rings. The van der Waals surface area contributed by atoms with E-state index in [1.165, 1.54) is 0 Å². The van der Waals surface area contributed by atoms with Crippen LogP contribution in [0.25, 0.3) is 0 Å². The average molecular weight is 407 g/mol. The van der Waals surface area contributed by atoms with Crippen molar-refractivity contribution in [2.24, 2.45) is 5.92 Å². The van der Waals surface area contributed by atoms with Crippen molar-refractivity contribution >= 4 is 23.4 Å². The molecule has 7 nitrogen and oxygen atoms in total. The summed E-state index contributed by atoms with van der Waals surface area (Å²) in [6, 6.07) is 5.61. The van der Waals surface area contributed by atoms with Crippen LogP contribution >= 0.6 is 0 Å². The summed E-state index contributed by atoms with van der Waals surface area (Å²) in [6.45, 7) is 4.92. The fourth-order valence-electron chi connectivity index (χ4n) is 5.78. The summed E-state index contributed by atoms with van der Waals surface area (Å²) in [5.41, 5.74) is 1.61. The summed E-state index contributed by atoms with van der Waals surface area (Å²) < 4.78 is 5.77. The number of nitrogens with zero attached hydrogens (tertiary/aromatic N) is 2. The number of ether oxygens (including phenoxy) is 1. The first-order chi connectivity index (χ1) is 14.3. The van der Waals surface area contributed by atoms with E-state index in [9.17, 15) is 14.4 Å². The van der Waals surface area contributed by atoms with Crippen molar-refractivity contribution in [2.75, 3.05) is 18.4 Å². The van der Waals surface area contributed by atoms with E-state index in [2.05, 4.69) is 5.32 Å². The van der Waals surface area contributed by atoms with Crippen molar-refractivity contribution in [3.8, 4) is 0 Å². The highest BCUT2D eigenvalue weighted by molar-refractivity contribution is 6.07. The predicted molar refractivity (Wildman–Crippen MR) is 109 cm³/mol. The van der Waals surface area contributed by atoms with Gasteiger partial charge in [-0.15, -0.1) is 0 Å². The first-order valence-corrected chi connectivity index (χ1v) is 10.7. The molecule has 5 heterocycles. The Morgan fingerprint density at radius 1 is 1.10 bits per heavy atom. The smallest absolute Gasteiger partial charge is 0.254 e. The van der Waals surface area contributed by atoms with Crippen LogP contribution in [0.5, 0.6) is 0 Å². The minimum atomic E-state index is -0.643. The predicted octanol–water partition coefficient (Wildman–Crippen LogP) is 1.69. The lowest BCUT2D eigenvalue weighted by atomic mass is 9.85. The Bertz CT molecular complexity index is 1020. The summed E-state index contributed by atoms with van der Waals surface area (Å²) in [5.74, 6) is 0.0393. The number of carbonyl (C=O) groups excluding carboxylic acids is 3. The maximum atomic E-state index is 13.3. The molecule has 6 rings (SSSR count). The highest BCUT2D eigenvalue weighted by Crippen LogP contribution is 2.40. The molecule has 1 aromatic rings. The van der Waals surface area contributed by atoms with Gasteiger partial charge in [-0.3, -0.25) is 14.4 Å². The first-order valence-electron chi connectivity index (χ1n) is 10.7. The van der Waals surface area contributed by atoms with Crippen molar-refractivity contribution in [3.05, 3.63) is 41.5 Å². The molecule has 1 N–H and O–H groups in total. The zero-order valence-corrected chi connectivity index (χ0v) is 17.1. The van der Waals surface area contributed by atoms with E-state index in [1.807, 2.05) is 47.9 Å². The van der Waals surface area contributed by atoms with Crippen LogP contribution in [0.4, 0.5) is 5.69 Å². The van der Waals surface area contributed by atoms with E-state index >= 15 is 0 Å². The topological polar surface area (TPSA) is 79.0 Å². The molecule has 0 aliphatic carbocycles. The van der Waals surface area contributed by atoms with Gasteiger partial charge in [-0.2, -0.15) is 0 Å². The Balaban J connectivity index is 1.18. The van der Waals surface area contributed by atoms with Gasteiger partial charge in [0.05, 0.1) is 35.6 Å². The number of rotatable bonds is 2. The molecule has 5 atom stereocenters. The second-order valence-corrected chi connectivity index (χ2v) is 9.70. The van der Waals surface area contributed by atoms with Crippen LogP contribution in [0.1, 0.15) is 42.6 Å². The van der Waals surface area contributed by atoms with E-state index in [-0.39, 0.29) is 47.9 Å². The lowest BCUT2D eigenvalue weighted by Crippen LogP contribution is -2.52. The Kier molecular flexibility index (Phi) is 3.59. The number of amides is 3. The summed E-state index contributed by atoms with van der Waals surface area (Å²) in [7, 11) is 0. The van der Waals surface area contributed by atoms with Gasteiger partial charge in [-0.05, 0) is 50.5 Å². The number of hydrogen-bond acceptors (Lipinski definition) is 4. The number of carbonyl (C=O) groups is 3. The van der Waals surface area contributed by atoms with Crippen molar-refractivity contribution in [3.63, 3.8) is 0 Å². The van der Waals surface area contributed by atoms with Crippen molar-refractivity contribution in [1.29, 1.82) is 0 Å². The normalized spacial score (nSPS) is 34.6. The van der Waals surface area contributed by atoms with Crippen LogP contribution in [0.2, 0.25) is 0 Å². The zero-order chi connectivity index (χ0) is 20.8. The van der Waals surface area contributed by atoms with Crippen LogP contribution in [0.3, 0.4) is 0 Å². The SMILES string of the molecule is CC1(C)C(=O)Nc2ccc(C(=O)N3C[C@@H]4C[C@H]3CN4C(=O)[C@@H]3C[C@H]4C=C[C@@H]3O4)cc21. The van der Waals surface area contributed by atoms with Crippen molar-refractivity contribution in [2.45, 2.75) is 56.4 Å². The number of hydrogen-bond donors (Lipinski definition) is 1. The average Bonchev–Trinajstić information content (AvgIpc) is 3.54. The van der Waals surface area contributed by atoms with Gasteiger partial charge in [0, 0.05) is 24.3 Å². The lowest BCUT2D eigenvalue weighted by molar-refractivity contribution is -0.138. The molecule has 3 fully saturated rings. The molecule has 1 aromatic carbocycles. The third-order valence-electron chi connectivity index (χ3n) is 7.59. The Morgan fingerprint density at radius 2 is 1.87 bits per heavy atom. The summed E-state index contributed by atoms with van der Waals surface area (Å²) in [4.78, 5) is 42.4. The third kappa shape index (κ3) is 2.38. The Hall–Kier alpha value is -2.67.